The fourth-order valence-corrected chi connectivity index (χ4v) is 4.71. The number of hydrogen-bond donors (Lipinski definition) is 2. The van der Waals surface area contributed by atoms with Crippen molar-refractivity contribution < 1.29 is 5.11 Å². The summed E-state index contributed by atoms with van der Waals surface area (Å²) in [5.74, 6) is 0.642. The Morgan fingerprint density at radius 2 is 1.88 bits per heavy atom. The van der Waals surface area contributed by atoms with E-state index in [0.717, 1.165) is 44.1 Å². The average Bonchev–Trinajstić information content (AvgIpc) is 3.41. The SMILES string of the molecule is Cc1nc(-c2cc(-c3cccc([C@H](C)N)n3)cc3c2cnn3-c2cccc(CO)n2)sc1C. The van der Waals surface area contributed by atoms with Gasteiger partial charge in [0.25, 0.3) is 0 Å². The first-order valence-corrected chi connectivity index (χ1v) is 11.5. The number of aliphatic hydroxyl groups is 1. The second-order valence-corrected chi connectivity index (χ2v) is 9.26. The van der Waals surface area contributed by atoms with Gasteiger partial charge in [-0.1, -0.05) is 12.1 Å². The number of fused-ring (bicyclic) bond motifs is 1. The van der Waals surface area contributed by atoms with Crippen LogP contribution >= 0.6 is 11.3 Å². The van der Waals surface area contributed by atoms with Crippen LogP contribution in [0.25, 0.3) is 38.5 Å². The molecule has 8 heteroatoms. The highest BCUT2D eigenvalue weighted by Crippen LogP contribution is 2.37. The van der Waals surface area contributed by atoms with E-state index in [9.17, 15) is 5.11 Å². The average molecular weight is 457 g/mol. The molecular weight excluding hydrogens is 432 g/mol. The van der Waals surface area contributed by atoms with Crippen molar-refractivity contribution in [3.05, 3.63) is 76.7 Å². The number of nitrogens with zero attached hydrogens (tertiary/aromatic N) is 5. The third kappa shape index (κ3) is 3.93. The molecule has 0 aliphatic carbocycles. The summed E-state index contributed by atoms with van der Waals surface area (Å²) in [7, 11) is 0. The number of aromatic nitrogens is 5. The van der Waals surface area contributed by atoms with Gasteiger partial charge in [-0.3, -0.25) is 4.98 Å². The summed E-state index contributed by atoms with van der Waals surface area (Å²) in [6.07, 6.45) is 1.85. The first-order valence-electron chi connectivity index (χ1n) is 10.7. The highest BCUT2D eigenvalue weighted by molar-refractivity contribution is 7.15. The van der Waals surface area contributed by atoms with E-state index in [1.165, 1.54) is 4.88 Å². The second kappa shape index (κ2) is 8.47. The van der Waals surface area contributed by atoms with Gasteiger partial charge in [0.1, 0.15) is 5.01 Å². The lowest BCUT2D eigenvalue weighted by molar-refractivity contribution is 0.276. The molecule has 0 aliphatic rings. The smallest absolute Gasteiger partial charge is 0.154 e. The molecule has 5 rings (SSSR count). The first-order chi connectivity index (χ1) is 15.9. The van der Waals surface area contributed by atoms with E-state index < -0.39 is 0 Å². The molecule has 0 radical (unpaired) electrons. The van der Waals surface area contributed by atoms with Crippen LogP contribution in [-0.4, -0.2) is 29.8 Å². The van der Waals surface area contributed by atoms with E-state index in [0.29, 0.717) is 11.5 Å². The third-order valence-electron chi connectivity index (χ3n) is 5.65. The Balaban J connectivity index is 1.78. The zero-order valence-electron chi connectivity index (χ0n) is 18.6. The number of hydrogen-bond acceptors (Lipinski definition) is 7. The molecule has 166 valence electrons. The van der Waals surface area contributed by atoms with Crippen molar-refractivity contribution in [2.75, 3.05) is 0 Å². The van der Waals surface area contributed by atoms with Gasteiger partial charge in [0.05, 0.1) is 41.1 Å². The third-order valence-corrected chi connectivity index (χ3v) is 6.76. The molecule has 3 N–H and O–H groups in total. The molecular formula is C25H24N6OS. The van der Waals surface area contributed by atoms with Gasteiger partial charge >= 0.3 is 0 Å². The van der Waals surface area contributed by atoms with Gasteiger partial charge in [0.2, 0.25) is 0 Å². The maximum atomic E-state index is 9.54. The molecule has 5 aromatic rings. The van der Waals surface area contributed by atoms with Crippen LogP contribution in [0.4, 0.5) is 0 Å². The van der Waals surface area contributed by atoms with Crippen LogP contribution in [0.3, 0.4) is 0 Å². The van der Waals surface area contributed by atoms with E-state index in [1.807, 2.05) is 50.4 Å². The quantitative estimate of drug-likeness (QED) is 0.396. The molecule has 4 aromatic heterocycles. The first kappa shape index (κ1) is 21.4. The predicted octanol–water partition coefficient (Wildman–Crippen LogP) is 4.73. The number of thiazole rings is 1. The zero-order chi connectivity index (χ0) is 23.1. The maximum absolute atomic E-state index is 9.54. The van der Waals surface area contributed by atoms with Crippen LogP contribution in [0.5, 0.6) is 0 Å². The van der Waals surface area contributed by atoms with Gasteiger partial charge in [-0.15, -0.1) is 11.3 Å². The summed E-state index contributed by atoms with van der Waals surface area (Å²) < 4.78 is 1.80. The Kier molecular flexibility index (Phi) is 5.49. The van der Waals surface area contributed by atoms with Crippen LogP contribution < -0.4 is 5.73 Å². The molecule has 33 heavy (non-hydrogen) atoms. The number of rotatable bonds is 5. The molecule has 0 saturated heterocycles. The number of benzene rings is 1. The molecule has 7 nitrogen and oxygen atoms in total. The number of nitrogens with two attached hydrogens (primary N) is 1. The number of aliphatic hydroxyl groups excluding tert-OH is 1. The van der Waals surface area contributed by atoms with Crippen molar-refractivity contribution in [2.45, 2.75) is 33.4 Å². The van der Waals surface area contributed by atoms with Crippen molar-refractivity contribution >= 4 is 22.2 Å². The fourth-order valence-electron chi connectivity index (χ4n) is 3.76. The largest absolute Gasteiger partial charge is 0.390 e. The number of pyridine rings is 2. The molecule has 0 fully saturated rings. The van der Waals surface area contributed by atoms with Crippen LogP contribution in [0.2, 0.25) is 0 Å². The summed E-state index contributed by atoms with van der Waals surface area (Å²) in [5.41, 5.74) is 12.2. The minimum absolute atomic E-state index is 0.130. The van der Waals surface area contributed by atoms with E-state index in [2.05, 4.69) is 29.1 Å². The Morgan fingerprint density at radius 3 is 2.61 bits per heavy atom. The summed E-state index contributed by atoms with van der Waals surface area (Å²) in [6.45, 7) is 5.91. The Labute approximate surface area is 195 Å². The van der Waals surface area contributed by atoms with Gasteiger partial charge in [-0.05, 0) is 57.2 Å². The molecule has 1 atom stereocenters. The topological polar surface area (TPSA) is 103 Å². The Morgan fingerprint density at radius 1 is 1.06 bits per heavy atom. The maximum Gasteiger partial charge on any atom is 0.154 e. The predicted molar refractivity (Wildman–Crippen MR) is 131 cm³/mol. The lowest BCUT2D eigenvalue weighted by Gasteiger charge is -2.11. The normalized spacial score (nSPS) is 12.4. The van der Waals surface area contributed by atoms with Gasteiger partial charge in [-0.2, -0.15) is 5.10 Å². The van der Waals surface area contributed by atoms with Crippen molar-refractivity contribution in [3.63, 3.8) is 0 Å². The van der Waals surface area contributed by atoms with Crippen molar-refractivity contribution in [1.29, 1.82) is 0 Å². The summed E-state index contributed by atoms with van der Waals surface area (Å²) >= 11 is 1.67. The molecule has 0 aliphatic heterocycles. The molecule has 1 aromatic carbocycles. The molecule has 0 unspecified atom stereocenters. The highest BCUT2D eigenvalue weighted by Gasteiger charge is 2.18. The lowest BCUT2D eigenvalue weighted by Crippen LogP contribution is -2.07. The van der Waals surface area contributed by atoms with Crippen LogP contribution in [-0.2, 0) is 6.61 Å². The molecule has 0 spiro atoms. The molecule has 0 bridgehead atoms. The van der Waals surface area contributed by atoms with E-state index >= 15 is 0 Å². The summed E-state index contributed by atoms with van der Waals surface area (Å²) in [4.78, 5) is 15.3. The minimum atomic E-state index is -0.159. The minimum Gasteiger partial charge on any atom is -0.390 e. The molecule has 4 heterocycles. The Hall–Kier alpha value is -3.46. The number of aryl methyl sites for hydroxylation is 2. The fraction of sp³-hybridized carbons (Fsp3) is 0.200. The summed E-state index contributed by atoms with van der Waals surface area (Å²) in [6, 6.07) is 15.5. The van der Waals surface area contributed by atoms with Crippen molar-refractivity contribution in [1.82, 2.24) is 24.7 Å². The van der Waals surface area contributed by atoms with Crippen molar-refractivity contribution in [3.8, 4) is 27.6 Å². The van der Waals surface area contributed by atoms with E-state index in [4.69, 9.17) is 15.7 Å². The van der Waals surface area contributed by atoms with Gasteiger partial charge in [-0.25, -0.2) is 14.6 Å². The highest BCUT2D eigenvalue weighted by atomic mass is 32.1. The standard InChI is InChI=1S/C25H24N6OS/c1-14(26)21-7-5-8-22(30-21)17-10-19(25-28-15(2)16(3)33-25)20-12-27-31(23(20)11-17)24-9-4-6-18(13-32)29-24/h4-12,14,32H,13,26H2,1-3H3/t14-/m0/s1. The van der Waals surface area contributed by atoms with E-state index in [-0.39, 0.29) is 12.6 Å². The van der Waals surface area contributed by atoms with E-state index in [1.54, 1.807) is 22.1 Å². The lowest BCUT2D eigenvalue weighted by atomic mass is 10.0. The molecule has 0 amide bonds. The second-order valence-electron chi connectivity index (χ2n) is 8.06. The van der Waals surface area contributed by atoms with Crippen molar-refractivity contribution in [2.24, 2.45) is 5.73 Å². The summed E-state index contributed by atoms with van der Waals surface area (Å²) in [5, 5.41) is 16.1. The van der Waals surface area contributed by atoms with Crippen LogP contribution in [0.1, 0.15) is 34.9 Å². The monoisotopic (exact) mass is 456 g/mol. The Bertz CT molecular complexity index is 1450. The van der Waals surface area contributed by atoms with Crippen LogP contribution in [0.15, 0.2) is 54.7 Å². The van der Waals surface area contributed by atoms with Gasteiger partial charge < -0.3 is 10.8 Å². The van der Waals surface area contributed by atoms with Gasteiger partial charge in [0, 0.05) is 27.4 Å². The van der Waals surface area contributed by atoms with Gasteiger partial charge in [0.15, 0.2) is 5.82 Å². The van der Waals surface area contributed by atoms with Crippen LogP contribution in [0, 0.1) is 13.8 Å². The molecule has 0 saturated carbocycles. The zero-order valence-corrected chi connectivity index (χ0v) is 19.5.